The van der Waals surface area contributed by atoms with Crippen LogP contribution >= 0.6 is 0 Å². The second-order valence-corrected chi connectivity index (χ2v) is 5.14. The minimum atomic E-state index is 0.540. The van der Waals surface area contributed by atoms with E-state index in [1.807, 2.05) is 6.08 Å². The molecule has 0 aromatic heterocycles. The van der Waals surface area contributed by atoms with Gasteiger partial charge in [-0.05, 0) is 48.7 Å². The minimum Gasteiger partial charge on any atom is -0.508 e. The Morgan fingerprint density at radius 2 is 2.12 bits per heavy atom. The molecule has 1 rings (SSSR count). The third-order valence-electron chi connectivity index (χ3n) is 3.55. The molecule has 1 unspecified atom stereocenters. The van der Waals surface area contributed by atoms with Gasteiger partial charge in [-0.25, -0.2) is 0 Å². The fourth-order valence-corrected chi connectivity index (χ4v) is 2.02. The molecule has 0 aliphatic heterocycles. The van der Waals surface area contributed by atoms with Crippen LogP contribution in [-0.4, -0.2) is 5.11 Å². The monoisotopic (exact) mass is 220 g/mol. The van der Waals surface area contributed by atoms with Gasteiger partial charge in [-0.3, -0.25) is 0 Å². The van der Waals surface area contributed by atoms with Crippen LogP contribution in [0.5, 0.6) is 0 Å². The van der Waals surface area contributed by atoms with Crippen molar-refractivity contribution in [2.75, 3.05) is 0 Å². The van der Waals surface area contributed by atoms with E-state index in [4.69, 9.17) is 0 Å². The highest BCUT2D eigenvalue weighted by Crippen LogP contribution is 2.31. The zero-order valence-electron chi connectivity index (χ0n) is 10.8. The fourth-order valence-electron chi connectivity index (χ4n) is 2.02. The van der Waals surface area contributed by atoms with Gasteiger partial charge in [0, 0.05) is 0 Å². The van der Waals surface area contributed by atoms with Gasteiger partial charge in [-0.1, -0.05) is 32.9 Å². The summed E-state index contributed by atoms with van der Waals surface area (Å²) in [5.41, 5.74) is 2.30. The molecular formula is C15H24O. The van der Waals surface area contributed by atoms with E-state index in [0.717, 1.165) is 31.3 Å². The van der Waals surface area contributed by atoms with E-state index in [1.165, 1.54) is 5.57 Å². The summed E-state index contributed by atoms with van der Waals surface area (Å²) in [5.74, 6) is 1.85. The lowest BCUT2D eigenvalue weighted by Crippen LogP contribution is -2.09. The maximum Gasteiger partial charge on any atom is 0.117 e. The van der Waals surface area contributed by atoms with Gasteiger partial charge < -0.3 is 5.11 Å². The summed E-state index contributed by atoms with van der Waals surface area (Å²) in [6.45, 7) is 10.5. The molecule has 1 nitrogen and oxygen atoms in total. The van der Waals surface area contributed by atoms with Crippen LogP contribution in [0.3, 0.4) is 0 Å². The molecule has 0 radical (unpaired) electrons. The average Bonchev–Trinajstić information content (AvgIpc) is 2.24. The van der Waals surface area contributed by atoms with Gasteiger partial charge in [0.2, 0.25) is 0 Å². The van der Waals surface area contributed by atoms with Crippen LogP contribution in [0.25, 0.3) is 0 Å². The van der Waals surface area contributed by atoms with Gasteiger partial charge in [0.25, 0.3) is 0 Å². The molecular weight excluding hydrogens is 196 g/mol. The molecule has 0 saturated carbocycles. The van der Waals surface area contributed by atoms with Gasteiger partial charge in [-0.15, -0.1) is 6.58 Å². The fraction of sp³-hybridized carbons (Fsp3) is 0.600. The molecule has 0 aromatic rings. The molecule has 1 aliphatic carbocycles. The highest BCUT2D eigenvalue weighted by atomic mass is 16.3. The van der Waals surface area contributed by atoms with Crippen molar-refractivity contribution < 1.29 is 5.11 Å². The molecule has 0 fully saturated rings. The molecule has 1 atom stereocenters. The van der Waals surface area contributed by atoms with Crippen LogP contribution in [0.1, 0.15) is 46.5 Å². The quantitative estimate of drug-likeness (QED) is 0.661. The molecule has 16 heavy (non-hydrogen) atoms. The Morgan fingerprint density at radius 1 is 1.44 bits per heavy atom. The van der Waals surface area contributed by atoms with E-state index >= 15 is 0 Å². The Bertz CT molecular complexity index is 307. The van der Waals surface area contributed by atoms with Gasteiger partial charge in [0.15, 0.2) is 0 Å². The van der Waals surface area contributed by atoms with Crippen LogP contribution < -0.4 is 0 Å². The van der Waals surface area contributed by atoms with Crippen LogP contribution in [-0.2, 0) is 0 Å². The van der Waals surface area contributed by atoms with Crippen molar-refractivity contribution in [3.8, 4) is 0 Å². The summed E-state index contributed by atoms with van der Waals surface area (Å²) < 4.78 is 0. The molecule has 0 aromatic carbocycles. The first kappa shape index (κ1) is 13.1. The lowest BCUT2D eigenvalue weighted by Gasteiger charge is -2.22. The first-order chi connectivity index (χ1) is 7.56. The van der Waals surface area contributed by atoms with Crippen LogP contribution in [0, 0.1) is 11.8 Å². The molecule has 0 spiro atoms. The molecule has 0 saturated heterocycles. The number of rotatable bonds is 5. The smallest absolute Gasteiger partial charge is 0.117 e. The largest absolute Gasteiger partial charge is 0.508 e. The van der Waals surface area contributed by atoms with Crippen molar-refractivity contribution in [2.45, 2.75) is 46.5 Å². The topological polar surface area (TPSA) is 20.2 Å². The van der Waals surface area contributed by atoms with Crippen molar-refractivity contribution in [3.05, 3.63) is 35.6 Å². The number of aliphatic hydroxyl groups excluding tert-OH is 1. The second-order valence-electron chi connectivity index (χ2n) is 5.14. The van der Waals surface area contributed by atoms with E-state index in [1.54, 1.807) is 0 Å². The van der Waals surface area contributed by atoms with Gasteiger partial charge in [0.1, 0.15) is 5.76 Å². The van der Waals surface area contributed by atoms with Crippen molar-refractivity contribution in [1.82, 2.24) is 0 Å². The molecule has 90 valence electrons. The summed E-state index contributed by atoms with van der Waals surface area (Å²) >= 11 is 0. The van der Waals surface area contributed by atoms with Gasteiger partial charge >= 0.3 is 0 Å². The van der Waals surface area contributed by atoms with E-state index in [9.17, 15) is 5.11 Å². The van der Waals surface area contributed by atoms with Gasteiger partial charge in [0.05, 0.1) is 0 Å². The van der Waals surface area contributed by atoms with Crippen molar-refractivity contribution in [3.63, 3.8) is 0 Å². The number of aliphatic hydroxyl groups is 1. The molecule has 1 N–H and O–H groups in total. The minimum absolute atomic E-state index is 0.540. The number of hydrogen-bond donors (Lipinski definition) is 1. The molecule has 0 heterocycles. The molecule has 0 bridgehead atoms. The summed E-state index contributed by atoms with van der Waals surface area (Å²) in [5, 5.41) is 10.2. The van der Waals surface area contributed by atoms with Gasteiger partial charge in [-0.2, -0.15) is 0 Å². The Balaban J connectivity index is 2.75. The summed E-state index contributed by atoms with van der Waals surface area (Å²) in [6.07, 6.45) is 7.89. The van der Waals surface area contributed by atoms with Crippen molar-refractivity contribution in [2.24, 2.45) is 11.8 Å². The zero-order valence-corrected chi connectivity index (χ0v) is 10.8. The Morgan fingerprint density at radius 3 is 2.69 bits per heavy atom. The van der Waals surface area contributed by atoms with Crippen molar-refractivity contribution >= 4 is 0 Å². The number of hydrogen-bond acceptors (Lipinski definition) is 1. The predicted molar refractivity (Wildman–Crippen MR) is 70.4 cm³/mol. The summed E-state index contributed by atoms with van der Waals surface area (Å²) in [7, 11) is 0. The highest BCUT2D eigenvalue weighted by molar-refractivity contribution is 5.34. The third-order valence-corrected chi connectivity index (χ3v) is 3.55. The van der Waals surface area contributed by atoms with Crippen molar-refractivity contribution in [1.29, 1.82) is 0 Å². The van der Waals surface area contributed by atoms with E-state index < -0.39 is 0 Å². The molecule has 1 heteroatoms. The molecule has 0 amide bonds. The second kappa shape index (κ2) is 5.93. The first-order valence-electron chi connectivity index (χ1n) is 6.27. The number of allylic oxidation sites excluding steroid dienone is 4. The normalized spacial score (nSPS) is 18.6. The van der Waals surface area contributed by atoms with E-state index in [-0.39, 0.29) is 0 Å². The maximum atomic E-state index is 10.2. The Labute approximate surface area is 99.6 Å². The summed E-state index contributed by atoms with van der Waals surface area (Å²) in [4.78, 5) is 0. The summed E-state index contributed by atoms with van der Waals surface area (Å²) in [6, 6.07) is 0. The van der Waals surface area contributed by atoms with Crippen LogP contribution in [0.2, 0.25) is 0 Å². The Hall–Kier alpha value is -0.980. The molecule has 1 aliphatic rings. The third kappa shape index (κ3) is 3.26. The Kier molecular flexibility index (Phi) is 4.85. The SMILES string of the molecule is C=CCC1=CCCC(CC(C)C(C)C)=C1O. The van der Waals surface area contributed by atoms with E-state index in [0.29, 0.717) is 17.6 Å². The zero-order chi connectivity index (χ0) is 12.1. The maximum absolute atomic E-state index is 10.2. The first-order valence-corrected chi connectivity index (χ1v) is 6.27. The predicted octanol–water partition coefficient (Wildman–Crippen LogP) is 4.78. The van der Waals surface area contributed by atoms with Crippen LogP contribution in [0.15, 0.2) is 35.6 Å². The average molecular weight is 220 g/mol. The standard InChI is InChI=1S/C15H24O/c1-5-7-13-8-6-9-14(15(13)16)10-12(4)11(2)3/h5,8,11-12,16H,1,6-7,9-10H2,2-4H3. The highest BCUT2D eigenvalue weighted by Gasteiger charge is 2.17. The lowest BCUT2D eigenvalue weighted by molar-refractivity contribution is 0.373. The van der Waals surface area contributed by atoms with E-state index in [2.05, 4.69) is 33.4 Å². The lowest BCUT2D eigenvalue weighted by atomic mass is 9.85. The van der Waals surface area contributed by atoms with Crippen LogP contribution in [0.4, 0.5) is 0 Å².